The second-order valence-corrected chi connectivity index (χ2v) is 5.35. The molecule has 3 unspecified atom stereocenters. The van der Waals surface area contributed by atoms with Crippen LogP contribution < -0.4 is 10.6 Å². The van der Waals surface area contributed by atoms with Gasteiger partial charge in [0.05, 0.1) is 12.0 Å². The lowest BCUT2D eigenvalue weighted by molar-refractivity contribution is -0.146. The Morgan fingerprint density at radius 3 is 2.55 bits per heavy atom. The fraction of sp³-hybridized carbons (Fsp3) is 0.857. The van der Waals surface area contributed by atoms with Gasteiger partial charge in [0, 0.05) is 19.1 Å². The molecule has 0 aromatic heterocycles. The Bertz CT molecular complexity index is 331. The van der Waals surface area contributed by atoms with Crippen molar-refractivity contribution < 1.29 is 19.4 Å². The highest BCUT2D eigenvalue weighted by atomic mass is 16.5. The molecule has 1 aliphatic heterocycles. The van der Waals surface area contributed by atoms with Crippen LogP contribution in [-0.4, -0.2) is 48.3 Å². The molecule has 6 heteroatoms. The van der Waals surface area contributed by atoms with Crippen LogP contribution in [-0.2, 0) is 14.3 Å². The molecule has 1 fully saturated rings. The first-order valence-corrected chi connectivity index (χ1v) is 7.37. The van der Waals surface area contributed by atoms with E-state index in [9.17, 15) is 9.59 Å². The number of carbonyl (C=O) groups is 2. The predicted octanol–water partition coefficient (Wildman–Crippen LogP) is 0.759. The van der Waals surface area contributed by atoms with Crippen molar-refractivity contribution in [1.82, 2.24) is 10.6 Å². The number of hydrogen-bond donors (Lipinski definition) is 3. The lowest BCUT2D eigenvalue weighted by Crippen LogP contribution is -2.47. The van der Waals surface area contributed by atoms with Gasteiger partial charge in [-0.05, 0) is 26.2 Å². The number of piperidine rings is 1. The minimum atomic E-state index is -0.820. The number of rotatable bonds is 7. The Labute approximate surface area is 120 Å². The molecule has 0 spiro atoms. The largest absolute Gasteiger partial charge is 0.481 e. The van der Waals surface area contributed by atoms with Gasteiger partial charge in [-0.15, -0.1) is 0 Å². The average molecular weight is 286 g/mol. The summed E-state index contributed by atoms with van der Waals surface area (Å²) >= 11 is 0. The molecule has 20 heavy (non-hydrogen) atoms. The van der Waals surface area contributed by atoms with Crippen molar-refractivity contribution in [3.63, 3.8) is 0 Å². The Kier molecular flexibility index (Phi) is 6.95. The molecule has 6 nitrogen and oxygen atoms in total. The highest BCUT2D eigenvalue weighted by Crippen LogP contribution is 2.15. The molecule has 0 aliphatic carbocycles. The van der Waals surface area contributed by atoms with E-state index in [0.717, 1.165) is 12.8 Å². The zero-order chi connectivity index (χ0) is 15.1. The molecule has 1 amide bonds. The molecule has 0 aromatic rings. The molecular formula is C14H26N2O4. The lowest BCUT2D eigenvalue weighted by atomic mass is 9.97. The molecule has 1 rings (SSSR count). The van der Waals surface area contributed by atoms with Crippen LogP contribution in [0.25, 0.3) is 0 Å². The third kappa shape index (κ3) is 5.09. The number of aliphatic carboxylic acids is 1. The summed E-state index contributed by atoms with van der Waals surface area (Å²) in [5.74, 6) is -1.39. The molecule has 116 valence electrons. The SMILES string of the molecule is CCC(CC)NC(=O)C(C)OC1CNCC(C(=O)O)C1. The molecular weight excluding hydrogens is 260 g/mol. The van der Waals surface area contributed by atoms with Crippen molar-refractivity contribution in [3.05, 3.63) is 0 Å². The van der Waals surface area contributed by atoms with Gasteiger partial charge in [-0.2, -0.15) is 0 Å². The fourth-order valence-electron chi connectivity index (χ4n) is 2.36. The summed E-state index contributed by atoms with van der Waals surface area (Å²) in [6.07, 6.45) is 1.44. The Balaban J connectivity index is 2.42. The molecule has 0 radical (unpaired) electrons. The van der Waals surface area contributed by atoms with Crippen LogP contribution in [0.5, 0.6) is 0 Å². The van der Waals surface area contributed by atoms with Gasteiger partial charge in [-0.25, -0.2) is 0 Å². The smallest absolute Gasteiger partial charge is 0.307 e. The third-order valence-electron chi connectivity index (χ3n) is 3.76. The maximum atomic E-state index is 12.0. The van der Waals surface area contributed by atoms with Crippen LogP contribution in [0.3, 0.4) is 0 Å². The summed E-state index contributed by atoms with van der Waals surface area (Å²) in [5.41, 5.74) is 0. The van der Waals surface area contributed by atoms with Crippen molar-refractivity contribution >= 4 is 11.9 Å². The summed E-state index contributed by atoms with van der Waals surface area (Å²) in [7, 11) is 0. The van der Waals surface area contributed by atoms with Crippen LogP contribution in [0.15, 0.2) is 0 Å². The van der Waals surface area contributed by atoms with Gasteiger partial charge in [0.15, 0.2) is 0 Å². The summed E-state index contributed by atoms with van der Waals surface area (Å²) < 4.78 is 5.69. The number of carbonyl (C=O) groups excluding carboxylic acids is 1. The minimum absolute atomic E-state index is 0.129. The van der Waals surface area contributed by atoms with Gasteiger partial charge in [-0.3, -0.25) is 9.59 Å². The Morgan fingerprint density at radius 1 is 1.35 bits per heavy atom. The number of hydrogen-bond acceptors (Lipinski definition) is 4. The summed E-state index contributed by atoms with van der Waals surface area (Å²) in [4.78, 5) is 23.0. The van der Waals surface area contributed by atoms with Crippen LogP contribution in [0.1, 0.15) is 40.0 Å². The van der Waals surface area contributed by atoms with Crippen molar-refractivity contribution in [2.45, 2.75) is 58.3 Å². The summed E-state index contributed by atoms with van der Waals surface area (Å²) in [6.45, 7) is 6.82. The Morgan fingerprint density at radius 2 is 2.00 bits per heavy atom. The van der Waals surface area contributed by atoms with Gasteiger partial charge < -0.3 is 20.5 Å². The lowest BCUT2D eigenvalue weighted by Gasteiger charge is -2.30. The van der Waals surface area contributed by atoms with Crippen LogP contribution in [0, 0.1) is 5.92 Å². The van der Waals surface area contributed by atoms with E-state index in [1.807, 2.05) is 13.8 Å². The van der Waals surface area contributed by atoms with Gasteiger partial charge in [0.1, 0.15) is 6.10 Å². The highest BCUT2D eigenvalue weighted by molar-refractivity contribution is 5.80. The van der Waals surface area contributed by atoms with Crippen LogP contribution in [0.4, 0.5) is 0 Å². The highest BCUT2D eigenvalue weighted by Gasteiger charge is 2.29. The molecule has 0 saturated carbocycles. The minimum Gasteiger partial charge on any atom is -0.481 e. The van der Waals surface area contributed by atoms with Gasteiger partial charge in [0.2, 0.25) is 5.91 Å². The van der Waals surface area contributed by atoms with E-state index in [4.69, 9.17) is 9.84 Å². The fourth-order valence-corrected chi connectivity index (χ4v) is 2.36. The molecule has 0 bridgehead atoms. The molecule has 3 atom stereocenters. The second kappa shape index (κ2) is 8.21. The first-order valence-electron chi connectivity index (χ1n) is 7.37. The van der Waals surface area contributed by atoms with Crippen LogP contribution in [0.2, 0.25) is 0 Å². The first-order chi connectivity index (χ1) is 9.47. The van der Waals surface area contributed by atoms with Crippen molar-refractivity contribution in [1.29, 1.82) is 0 Å². The summed E-state index contributed by atoms with van der Waals surface area (Å²) in [6, 6.07) is 0.171. The predicted molar refractivity (Wildman–Crippen MR) is 75.5 cm³/mol. The standard InChI is InChI=1S/C14H26N2O4/c1-4-11(5-2)16-13(17)9(3)20-12-6-10(14(18)19)7-15-8-12/h9-12,15H,4-8H2,1-3H3,(H,16,17)(H,18,19). The van der Waals surface area contributed by atoms with Crippen molar-refractivity contribution in [2.75, 3.05) is 13.1 Å². The number of carboxylic acid groups (broad SMARTS) is 1. The van der Waals surface area contributed by atoms with Crippen molar-refractivity contribution in [3.8, 4) is 0 Å². The summed E-state index contributed by atoms with van der Waals surface area (Å²) in [5, 5.41) is 15.0. The van der Waals surface area contributed by atoms with Gasteiger partial charge >= 0.3 is 5.97 Å². The maximum absolute atomic E-state index is 12.0. The molecule has 1 saturated heterocycles. The van der Waals surface area contributed by atoms with E-state index in [-0.39, 0.29) is 18.1 Å². The topological polar surface area (TPSA) is 87.7 Å². The van der Waals surface area contributed by atoms with E-state index in [0.29, 0.717) is 19.5 Å². The van der Waals surface area contributed by atoms with Crippen LogP contribution >= 0.6 is 0 Å². The molecule has 1 heterocycles. The normalized spacial score (nSPS) is 24.4. The first kappa shape index (κ1) is 16.9. The second-order valence-electron chi connectivity index (χ2n) is 5.35. The molecule has 1 aliphatic rings. The van der Waals surface area contributed by atoms with E-state index < -0.39 is 18.0 Å². The number of carboxylic acids is 1. The monoisotopic (exact) mass is 286 g/mol. The van der Waals surface area contributed by atoms with E-state index >= 15 is 0 Å². The third-order valence-corrected chi connectivity index (χ3v) is 3.76. The van der Waals surface area contributed by atoms with Crippen molar-refractivity contribution in [2.24, 2.45) is 5.92 Å². The zero-order valence-electron chi connectivity index (χ0n) is 12.5. The average Bonchev–Trinajstić information content (AvgIpc) is 2.44. The number of amides is 1. The number of nitrogens with one attached hydrogen (secondary N) is 2. The number of ether oxygens (including phenoxy) is 1. The van der Waals surface area contributed by atoms with Gasteiger partial charge in [-0.1, -0.05) is 13.8 Å². The Hall–Kier alpha value is -1.14. The van der Waals surface area contributed by atoms with Gasteiger partial charge in [0.25, 0.3) is 0 Å². The molecule has 0 aromatic carbocycles. The van der Waals surface area contributed by atoms with E-state index in [1.54, 1.807) is 6.92 Å². The molecule has 3 N–H and O–H groups in total. The van der Waals surface area contributed by atoms with E-state index in [1.165, 1.54) is 0 Å². The van der Waals surface area contributed by atoms with E-state index in [2.05, 4.69) is 10.6 Å². The quantitative estimate of drug-likeness (QED) is 0.643. The zero-order valence-corrected chi connectivity index (χ0v) is 12.5. The maximum Gasteiger partial charge on any atom is 0.307 e.